The molecule has 0 spiro atoms. The van der Waals surface area contributed by atoms with Crippen LogP contribution in [0.5, 0.6) is 0 Å². The zero-order valence-electron chi connectivity index (χ0n) is 50.8. The number of hydrogen-bond acceptors (Lipinski definition) is 6. The Morgan fingerprint density at radius 1 is 0.253 bits per heavy atom. The highest BCUT2D eigenvalue weighted by atomic mass is 16.6. The molecule has 0 heterocycles. The third-order valence-electron chi connectivity index (χ3n) is 15.4. The second kappa shape index (κ2) is 64.4. The predicted molar refractivity (Wildman–Crippen MR) is 326 cm³/mol. The Morgan fingerprint density at radius 3 is 0.667 bits per heavy atom. The van der Waals surface area contributed by atoms with Crippen molar-refractivity contribution in [3.05, 3.63) is 24.3 Å². The first kappa shape index (κ1) is 72.9. The molecule has 442 valence electrons. The quantitative estimate of drug-likeness (QED) is 0.0261. The van der Waals surface area contributed by atoms with Gasteiger partial charge in [-0.1, -0.05) is 315 Å². The van der Waals surface area contributed by atoms with Gasteiger partial charge < -0.3 is 14.2 Å². The summed E-state index contributed by atoms with van der Waals surface area (Å²) in [5.41, 5.74) is 0. The van der Waals surface area contributed by atoms with Crippen molar-refractivity contribution in [1.29, 1.82) is 0 Å². The molecule has 1 atom stereocenters. The molecule has 6 heteroatoms. The highest BCUT2D eigenvalue weighted by Crippen LogP contribution is 2.18. The summed E-state index contributed by atoms with van der Waals surface area (Å²) in [5, 5.41) is 0. The van der Waals surface area contributed by atoms with E-state index >= 15 is 0 Å². The summed E-state index contributed by atoms with van der Waals surface area (Å²) >= 11 is 0. The van der Waals surface area contributed by atoms with Gasteiger partial charge in [0, 0.05) is 19.3 Å². The molecule has 0 bridgehead atoms. The van der Waals surface area contributed by atoms with Crippen LogP contribution in [0.3, 0.4) is 0 Å². The van der Waals surface area contributed by atoms with Crippen LogP contribution in [0, 0.1) is 0 Å². The monoisotopic (exact) mass is 1050 g/mol. The number of carbonyl (C=O) groups excluding carboxylic acids is 3. The molecule has 75 heavy (non-hydrogen) atoms. The first-order chi connectivity index (χ1) is 37.0. The molecule has 0 fully saturated rings. The zero-order valence-corrected chi connectivity index (χ0v) is 50.8. The van der Waals surface area contributed by atoms with Crippen molar-refractivity contribution in [3.8, 4) is 0 Å². The van der Waals surface area contributed by atoms with Crippen LogP contribution >= 0.6 is 0 Å². The minimum absolute atomic E-state index is 0.0667. The fourth-order valence-electron chi connectivity index (χ4n) is 10.3. The molecule has 0 amide bonds. The Bertz CT molecular complexity index is 1210. The molecule has 0 aromatic carbocycles. The first-order valence-corrected chi connectivity index (χ1v) is 33.8. The van der Waals surface area contributed by atoms with Gasteiger partial charge in [-0.15, -0.1) is 0 Å². The van der Waals surface area contributed by atoms with E-state index in [2.05, 4.69) is 45.1 Å². The van der Waals surface area contributed by atoms with E-state index in [9.17, 15) is 14.4 Å². The third kappa shape index (κ3) is 62.6. The van der Waals surface area contributed by atoms with Gasteiger partial charge in [0.05, 0.1) is 0 Å². The van der Waals surface area contributed by atoms with Crippen LogP contribution in [0.4, 0.5) is 0 Å². The van der Waals surface area contributed by atoms with Gasteiger partial charge in [0.15, 0.2) is 6.10 Å². The lowest BCUT2D eigenvalue weighted by molar-refractivity contribution is -0.167. The van der Waals surface area contributed by atoms with E-state index in [1.165, 1.54) is 283 Å². The second-order valence-electron chi connectivity index (χ2n) is 23.1. The Labute approximate surface area is 468 Å². The van der Waals surface area contributed by atoms with E-state index in [1.807, 2.05) is 0 Å². The molecule has 0 aromatic heterocycles. The van der Waals surface area contributed by atoms with Crippen molar-refractivity contribution in [3.63, 3.8) is 0 Å². The molecule has 0 saturated carbocycles. The number of unbranched alkanes of at least 4 members (excludes halogenated alkanes) is 48. The fourth-order valence-corrected chi connectivity index (χ4v) is 10.3. The molecule has 6 nitrogen and oxygen atoms in total. The van der Waals surface area contributed by atoms with E-state index in [0.29, 0.717) is 19.3 Å². The van der Waals surface area contributed by atoms with E-state index in [1.54, 1.807) is 0 Å². The van der Waals surface area contributed by atoms with E-state index in [-0.39, 0.29) is 31.1 Å². The number of hydrogen-bond donors (Lipinski definition) is 0. The highest BCUT2D eigenvalue weighted by Gasteiger charge is 2.19. The molecule has 0 aliphatic carbocycles. The topological polar surface area (TPSA) is 78.9 Å². The number of rotatable bonds is 63. The summed E-state index contributed by atoms with van der Waals surface area (Å²) in [6.07, 6.45) is 77.9. The second-order valence-corrected chi connectivity index (χ2v) is 23.1. The maximum Gasteiger partial charge on any atom is 0.306 e. The molecule has 0 aromatic rings. The smallest absolute Gasteiger partial charge is 0.306 e. The fraction of sp³-hybridized carbons (Fsp3) is 0.899. The van der Waals surface area contributed by atoms with Crippen LogP contribution in [-0.4, -0.2) is 37.2 Å². The summed E-state index contributed by atoms with van der Waals surface area (Å²) in [5.74, 6) is -0.845. The van der Waals surface area contributed by atoms with Crippen molar-refractivity contribution in [2.75, 3.05) is 13.2 Å². The van der Waals surface area contributed by atoms with Crippen LogP contribution in [0.1, 0.15) is 380 Å². The summed E-state index contributed by atoms with van der Waals surface area (Å²) < 4.78 is 16.9. The lowest BCUT2D eigenvalue weighted by Crippen LogP contribution is -2.30. The summed E-state index contributed by atoms with van der Waals surface area (Å²) in [4.78, 5) is 38.2. The SMILES string of the molecule is CCCCCCCCCC/C=C\CCCCCCCCCCCCCCCCCC(=O)OCC(COC(=O)CCCCCCCCCCC)OC(=O)CCCCCCCCCCC/C=C\CCCCCCCCCC. The van der Waals surface area contributed by atoms with Crippen molar-refractivity contribution in [1.82, 2.24) is 0 Å². The average molecular weight is 1060 g/mol. The van der Waals surface area contributed by atoms with Crippen LogP contribution in [0.15, 0.2) is 24.3 Å². The summed E-state index contributed by atoms with van der Waals surface area (Å²) in [6.45, 7) is 6.68. The van der Waals surface area contributed by atoms with Crippen LogP contribution in [0.2, 0.25) is 0 Å². The summed E-state index contributed by atoms with van der Waals surface area (Å²) in [7, 11) is 0. The number of carbonyl (C=O) groups is 3. The Morgan fingerprint density at radius 2 is 0.440 bits per heavy atom. The molecule has 0 rings (SSSR count). The molecule has 1 unspecified atom stereocenters. The molecule has 0 N–H and O–H groups in total. The predicted octanol–water partition coefficient (Wildman–Crippen LogP) is 23.0. The van der Waals surface area contributed by atoms with Crippen LogP contribution < -0.4 is 0 Å². The van der Waals surface area contributed by atoms with Gasteiger partial charge in [-0.2, -0.15) is 0 Å². The Kier molecular flexibility index (Phi) is 62.6. The van der Waals surface area contributed by atoms with Crippen molar-refractivity contribution < 1.29 is 28.6 Å². The molecule has 0 saturated heterocycles. The molecule has 0 aliphatic rings. The zero-order chi connectivity index (χ0) is 54.3. The molecule has 0 aliphatic heterocycles. The van der Waals surface area contributed by atoms with Crippen molar-refractivity contribution in [2.24, 2.45) is 0 Å². The normalized spacial score (nSPS) is 12.1. The standard InChI is InChI=1S/C69H130O6/c1-4-7-10-13-16-19-21-23-25-27-29-31-32-33-34-35-36-38-39-41-43-45-47-50-53-56-59-62-68(71)74-65-66(64-73-67(70)61-58-55-52-49-18-15-12-9-6-3)75-69(72)63-60-57-54-51-48-46-44-42-40-37-30-28-26-24-22-20-17-14-11-8-5-2/h27-30,66H,4-26,31-65H2,1-3H3/b29-27-,30-28-. The summed E-state index contributed by atoms with van der Waals surface area (Å²) in [6, 6.07) is 0. The molecular weight excluding hydrogens is 925 g/mol. The van der Waals surface area contributed by atoms with Crippen molar-refractivity contribution in [2.45, 2.75) is 386 Å². The minimum atomic E-state index is -0.768. The lowest BCUT2D eigenvalue weighted by atomic mass is 10.0. The Hall–Kier alpha value is -2.11. The first-order valence-electron chi connectivity index (χ1n) is 33.8. The third-order valence-corrected chi connectivity index (χ3v) is 15.4. The van der Waals surface area contributed by atoms with Crippen LogP contribution in [0.25, 0.3) is 0 Å². The van der Waals surface area contributed by atoms with Gasteiger partial charge >= 0.3 is 17.9 Å². The van der Waals surface area contributed by atoms with Gasteiger partial charge in [-0.3, -0.25) is 14.4 Å². The van der Waals surface area contributed by atoms with Crippen LogP contribution in [-0.2, 0) is 28.6 Å². The number of allylic oxidation sites excluding steroid dienone is 4. The highest BCUT2D eigenvalue weighted by molar-refractivity contribution is 5.71. The van der Waals surface area contributed by atoms with Gasteiger partial charge in [0.2, 0.25) is 0 Å². The number of esters is 3. The number of ether oxygens (including phenoxy) is 3. The van der Waals surface area contributed by atoms with Gasteiger partial charge in [0.1, 0.15) is 13.2 Å². The van der Waals surface area contributed by atoms with E-state index in [0.717, 1.165) is 57.8 Å². The van der Waals surface area contributed by atoms with Gasteiger partial charge in [0.25, 0.3) is 0 Å². The van der Waals surface area contributed by atoms with Crippen molar-refractivity contribution >= 4 is 17.9 Å². The van der Waals surface area contributed by atoms with E-state index < -0.39 is 6.10 Å². The molecular formula is C69H130O6. The lowest BCUT2D eigenvalue weighted by Gasteiger charge is -2.18. The maximum atomic E-state index is 12.9. The van der Waals surface area contributed by atoms with Gasteiger partial charge in [-0.05, 0) is 70.6 Å². The maximum absolute atomic E-state index is 12.9. The minimum Gasteiger partial charge on any atom is -0.462 e. The molecule has 0 radical (unpaired) electrons. The van der Waals surface area contributed by atoms with Gasteiger partial charge in [-0.25, -0.2) is 0 Å². The Balaban J connectivity index is 4.12. The van der Waals surface area contributed by atoms with E-state index in [4.69, 9.17) is 14.2 Å². The average Bonchev–Trinajstić information content (AvgIpc) is 3.41. The largest absolute Gasteiger partial charge is 0.462 e.